The van der Waals surface area contributed by atoms with E-state index in [2.05, 4.69) is 67.7 Å². The highest BCUT2D eigenvalue weighted by atomic mass is 127. The summed E-state index contributed by atoms with van der Waals surface area (Å²) in [5.41, 5.74) is 2.54. The van der Waals surface area contributed by atoms with Crippen molar-refractivity contribution in [2.45, 2.75) is 39.3 Å². The molecule has 1 unspecified atom stereocenters. The third kappa shape index (κ3) is 7.08. The molecule has 0 bridgehead atoms. The monoisotopic (exact) mass is 430 g/mol. The number of nitrogens with one attached hydrogen (secondary N) is 2. The molecular formula is C18H31IN4. The second-order valence-corrected chi connectivity index (χ2v) is 6.43. The molecule has 0 amide bonds. The summed E-state index contributed by atoms with van der Waals surface area (Å²) in [6.45, 7) is 6.78. The number of hydrogen-bond donors (Lipinski definition) is 2. The molecule has 0 radical (unpaired) electrons. The minimum atomic E-state index is 0. The molecule has 2 rings (SSSR count). The molecule has 1 aromatic rings. The smallest absolute Gasteiger partial charge is 0.191 e. The number of guanidine groups is 1. The lowest BCUT2D eigenvalue weighted by molar-refractivity contribution is 0.264. The molecule has 1 atom stereocenters. The Hall–Kier alpha value is -0.820. The number of benzene rings is 1. The second-order valence-electron chi connectivity index (χ2n) is 6.43. The predicted molar refractivity (Wildman–Crippen MR) is 110 cm³/mol. The molecule has 5 heteroatoms. The van der Waals surface area contributed by atoms with Gasteiger partial charge in [-0.25, -0.2) is 4.99 Å². The van der Waals surface area contributed by atoms with Crippen molar-refractivity contribution in [1.29, 1.82) is 0 Å². The van der Waals surface area contributed by atoms with Gasteiger partial charge in [0.1, 0.15) is 0 Å². The average molecular weight is 430 g/mol. The molecule has 130 valence electrons. The summed E-state index contributed by atoms with van der Waals surface area (Å²) in [4.78, 5) is 7.04. The van der Waals surface area contributed by atoms with Crippen molar-refractivity contribution in [1.82, 2.24) is 15.5 Å². The number of hydrogen-bond acceptors (Lipinski definition) is 2. The fraction of sp³-hybridized carbons (Fsp3) is 0.611. The van der Waals surface area contributed by atoms with E-state index in [-0.39, 0.29) is 24.0 Å². The molecule has 0 spiro atoms. The van der Waals surface area contributed by atoms with Crippen LogP contribution in [0.25, 0.3) is 0 Å². The van der Waals surface area contributed by atoms with Crippen LogP contribution in [0.1, 0.15) is 30.9 Å². The average Bonchev–Trinajstić information content (AvgIpc) is 3.29. The fourth-order valence-electron chi connectivity index (χ4n) is 2.78. The number of nitrogens with zero attached hydrogens (tertiary/aromatic N) is 2. The van der Waals surface area contributed by atoms with Crippen LogP contribution in [0.4, 0.5) is 0 Å². The lowest BCUT2D eigenvalue weighted by Gasteiger charge is -2.25. The molecule has 1 fully saturated rings. The Morgan fingerprint density at radius 2 is 2.04 bits per heavy atom. The van der Waals surface area contributed by atoms with E-state index in [0.29, 0.717) is 12.6 Å². The Morgan fingerprint density at radius 1 is 1.30 bits per heavy atom. The highest BCUT2D eigenvalue weighted by Crippen LogP contribution is 2.34. The zero-order valence-corrected chi connectivity index (χ0v) is 17.1. The van der Waals surface area contributed by atoms with Crippen molar-refractivity contribution in [3.05, 3.63) is 35.4 Å². The maximum atomic E-state index is 4.71. The molecule has 1 aliphatic carbocycles. The maximum Gasteiger partial charge on any atom is 0.191 e. The molecular weight excluding hydrogens is 399 g/mol. The summed E-state index contributed by atoms with van der Waals surface area (Å²) in [5, 5.41) is 6.85. The topological polar surface area (TPSA) is 39.7 Å². The summed E-state index contributed by atoms with van der Waals surface area (Å²) >= 11 is 0. The third-order valence-electron chi connectivity index (χ3n) is 4.15. The van der Waals surface area contributed by atoms with Gasteiger partial charge in [-0.15, -0.1) is 24.0 Å². The van der Waals surface area contributed by atoms with Crippen molar-refractivity contribution >= 4 is 29.9 Å². The molecule has 1 aromatic carbocycles. The first kappa shape index (κ1) is 20.2. The number of halogens is 1. The second kappa shape index (κ2) is 10.1. The predicted octanol–water partition coefficient (Wildman–Crippen LogP) is 3.01. The standard InChI is InChI=1S/C18H30N4.HI/c1-5-19-18(20-12-15-8-6-7-14(2)11-15)21-13-17(22(3)4)16-9-10-16;/h6-8,11,16-17H,5,9-10,12-13H2,1-4H3,(H2,19,20,21);1H. The largest absolute Gasteiger partial charge is 0.357 e. The first-order chi connectivity index (χ1) is 10.6. The minimum absolute atomic E-state index is 0. The van der Waals surface area contributed by atoms with E-state index < -0.39 is 0 Å². The van der Waals surface area contributed by atoms with Crippen LogP contribution in [0.2, 0.25) is 0 Å². The van der Waals surface area contributed by atoms with Crippen molar-refractivity contribution in [3.63, 3.8) is 0 Å². The molecule has 23 heavy (non-hydrogen) atoms. The van der Waals surface area contributed by atoms with Gasteiger partial charge in [0.2, 0.25) is 0 Å². The Bertz CT molecular complexity index is 496. The van der Waals surface area contributed by atoms with Gasteiger partial charge in [0.05, 0.1) is 6.54 Å². The van der Waals surface area contributed by atoms with E-state index >= 15 is 0 Å². The number of aliphatic imine (C=N–C) groups is 1. The van der Waals surface area contributed by atoms with Crippen LogP contribution in [0.3, 0.4) is 0 Å². The highest BCUT2D eigenvalue weighted by molar-refractivity contribution is 14.0. The molecule has 0 aliphatic heterocycles. The molecule has 1 saturated carbocycles. The van der Waals surface area contributed by atoms with Gasteiger partial charge >= 0.3 is 0 Å². The van der Waals surface area contributed by atoms with Crippen LogP contribution in [0, 0.1) is 12.8 Å². The van der Waals surface area contributed by atoms with Crippen LogP contribution in [0.15, 0.2) is 29.3 Å². The number of aryl methyl sites for hydroxylation is 1. The summed E-state index contributed by atoms with van der Waals surface area (Å²) in [5.74, 6) is 1.76. The Kier molecular flexibility index (Phi) is 8.91. The van der Waals surface area contributed by atoms with E-state index in [1.165, 1.54) is 24.0 Å². The van der Waals surface area contributed by atoms with Crippen LogP contribution in [0.5, 0.6) is 0 Å². The van der Waals surface area contributed by atoms with E-state index in [0.717, 1.165) is 25.0 Å². The number of likely N-dealkylation sites (N-methyl/N-ethyl adjacent to an activating group) is 1. The van der Waals surface area contributed by atoms with Crippen LogP contribution in [-0.2, 0) is 6.54 Å². The summed E-state index contributed by atoms with van der Waals surface area (Å²) in [7, 11) is 4.34. The van der Waals surface area contributed by atoms with E-state index in [1.54, 1.807) is 0 Å². The molecule has 1 aliphatic rings. The lowest BCUT2D eigenvalue weighted by Crippen LogP contribution is -2.46. The fourth-order valence-corrected chi connectivity index (χ4v) is 2.78. The van der Waals surface area contributed by atoms with Gasteiger partial charge in [-0.3, -0.25) is 0 Å². The summed E-state index contributed by atoms with van der Waals surface area (Å²) < 4.78 is 0. The van der Waals surface area contributed by atoms with Gasteiger partial charge in [-0.2, -0.15) is 0 Å². The van der Waals surface area contributed by atoms with Crippen molar-refractivity contribution < 1.29 is 0 Å². The molecule has 0 aromatic heterocycles. The zero-order valence-electron chi connectivity index (χ0n) is 14.8. The first-order valence-electron chi connectivity index (χ1n) is 8.34. The SMILES string of the molecule is CCNC(=NCc1cccc(C)c1)NCC(C1CC1)N(C)C.I. The summed E-state index contributed by atoms with van der Waals surface area (Å²) in [6.07, 6.45) is 2.73. The van der Waals surface area contributed by atoms with Gasteiger partial charge < -0.3 is 15.5 Å². The van der Waals surface area contributed by atoms with E-state index in [1.807, 2.05) is 0 Å². The van der Waals surface area contributed by atoms with E-state index in [9.17, 15) is 0 Å². The maximum absolute atomic E-state index is 4.71. The van der Waals surface area contributed by atoms with Crippen LogP contribution >= 0.6 is 24.0 Å². The van der Waals surface area contributed by atoms with Crippen molar-refractivity contribution in [2.24, 2.45) is 10.9 Å². The van der Waals surface area contributed by atoms with Crippen molar-refractivity contribution in [3.8, 4) is 0 Å². The quantitative estimate of drug-likeness (QED) is 0.397. The molecule has 2 N–H and O–H groups in total. The lowest BCUT2D eigenvalue weighted by atomic mass is 10.1. The molecule has 0 saturated heterocycles. The Labute approximate surface area is 158 Å². The molecule has 0 heterocycles. The highest BCUT2D eigenvalue weighted by Gasteiger charge is 2.32. The summed E-state index contributed by atoms with van der Waals surface area (Å²) in [6, 6.07) is 9.14. The van der Waals surface area contributed by atoms with Crippen LogP contribution < -0.4 is 10.6 Å². The Balaban J connectivity index is 0.00000264. The van der Waals surface area contributed by atoms with Gasteiger partial charge in [-0.05, 0) is 52.3 Å². The van der Waals surface area contributed by atoms with Gasteiger partial charge in [-0.1, -0.05) is 29.8 Å². The number of rotatable bonds is 7. The molecule has 4 nitrogen and oxygen atoms in total. The first-order valence-corrected chi connectivity index (χ1v) is 8.34. The zero-order chi connectivity index (χ0) is 15.9. The third-order valence-corrected chi connectivity index (χ3v) is 4.15. The van der Waals surface area contributed by atoms with Gasteiger partial charge in [0.25, 0.3) is 0 Å². The van der Waals surface area contributed by atoms with Crippen molar-refractivity contribution in [2.75, 3.05) is 27.2 Å². The van der Waals surface area contributed by atoms with E-state index in [4.69, 9.17) is 4.99 Å². The van der Waals surface area contributed by atoms with Gasteiger partial charge in [0.15, 0.2) is 5.96 Å². The minimum Gasteiger partial charge on any atom is -0.357 e. The van der Waals surface area contributed by atoms with Crippen LogP contribution in [-0.4, -0.2) is 44.1 Å². The normalized spacial score (nSPS) is 16.0. The Morgan fingerprint density at radius 3 is 2.61 bits per heavy atom. The van der Waals surface area contributed by atoms with Gasteiger partial charge in [0, 0.05) is 19.1 Å².